The highest BCUT2D eigenvalue weighted by molar-refractivity contribution is 6.31. The lowest BCUT2D eigenvalue weighted by Gasteiger charge is -2.24. The monoisotopic (exact) mass is 298 g/mol. The van der Waals surface area contributed by atoms with Crippen LogP contribution in [0.15, 0.2) is 0 Å². The van der Waals surface area contributed by atoms with Gasteiger partial charge in [-0.05, 0) is 33.7 Å². The Labute approximate surface area is 127 Å². The fourth-order valence-electron chi connectivity index (χ4n) is 3.03. The smallest absolute Gasteiger partial charge is 0.0860 e. The molecule has 1 aliphatic carbocycles. The molecule has 1 aromatic heterocycles. The standard InChI is InChI=1S/C15H27ClN4/c1-4-20-14(15(16)12(2)18-20)11-17-9-10-19(3)13-7-5-6-8-13/h13,17H,4-11H2,1-3H3. The van der Waals surface area contributed by atoms with Gasteiger partial charge in [0.15, 0.2) is 0 Å². The number of aromatic nitrogens is 2. The van der Waals surface area contributed by atoms with Crippen molar-refractivity contribution in [3.63, 3.8) is 0 Å². The molecule has 0 bridgehead atoms. The first-order chi connectivity index (χ1) is 9.63. The second kappa shape index (κ2) is 7.43. The molecule has 2 rings (SSSR count). The van der Waals surface area contributed by atoms with E-state index in [9.17, 15) is 0 Å². The van der Waals surface area contributed by atoms with Crippen LogP contribution in [0, 0.1) is 6.92 Å². The maximum atomic E-state index is 6.30. The van der Waals surface area contributed by atoms with Gasteiger partial charge in [0.25, 0.3) is 0 Å². The van der Waals surface area contributed by atoms with Gasteiger partial charge in [0.2, 0.25) is 0 Å². The zero-order chi connectivity index (χ0) is 14.5. The Balaban J connectivity index is 1.75. The van der Waals surface area contributed by atoms with E-state index < -0.39 is 0 Å². The summed E-state index contributed by atoms with van der Waals surface area (Å²) in [6.07, 6.45) is 5.52. The Bertz CT molecular complexity index is 424. The normalized spacial score (nSPS) is 16.4. The van der Waals surface area contributed by atoms with Crippen LogP contribution in [0.2, 0.25) is 5.02 Å². The van der Waals surface area contributed by atoms with Gasteiger partial charge < -0.3 is 10.2 Å². The van der Waals surface area contributed by atoms with Crippen molar-refractivity contribution in [2.24, 2.45) is 0 Å². The summed E-state index contributed by atoms with van der Waals surface area (Å²) in [5, 5.41) is 8.75. The molecule has 0 aromatic carbocycles. The highest BCUT2D eigenvalue weighted by atomic mass is 35.5. The van der Waals surface area contributed by atoms with E-state index in [4.69, 9.17) is 11.6 Å². The molecule has 1 heterocycles. The summed E-state index contributed by atoms with van der Waals surface area (Å²) < 4.78 is 1.99. The molecule has 1 aliphatic rings. The Morgan fingerprint density at radius 3 is 2.75 bits per heavy atom. The van der Waals surface area contributed by atoms with Crippen molar-refractivity contribution in [3.8, 4) is 0 Å². The van der Waals surface area contributed by atoms with Crippen LogP contribution in [0.5, 0.6) is 0 Å². The molecular formula is C15H27ClN4. The van der Waals surface area contributed by atoms with Crippen molar-refractivity contribution in [2.45, 2.75) is 58.7 Å². The molecule has 1 saturated carbocycles. The van der Waals surface area contributed by atoms with Crippen LogP contribution in [0.25, 0.3) is 0 Å². The molecule has 114 valence electrons. The summed E-state index contributed by atoms with van der Waals surface area (Å²) in [7, 11) is 2.24. The third kappa shape index (κ3) is 3.74. The molecule has 5 heteroatoms. The van der Waals surface area contributed by atoms with Crippen LogP contribution in [-0.2, 0) is 13.1 Å². The van der Waals surface area contributed by atoms with Gasteiger partial charge in [-0.25, -0.2) is 0 Å². The fourth-order valence-corrected chi connectivity index (χ4v) is 3.23. The summed E-state index contributed by atoms with van der Waals surface area (Å²) in [6.45, 7) is 7.82. The quantitative estimate of drug-likeness (QED) is 0.786. The topological polar surface area (TPSA) is 33.1 Å². The zero-order valence-electron chi connectivity index (χ0n) is 13.0. The van der Waals surface area contributed by atoms with E-state index in [0.29, 0.717) is 0 Å². The van der Waals surface area contributed by atoms with Crippen molar-refractivity contribution in [1.82, 2.24) is 20.0 Å². The number of aryl methyl sites for hydroxylation is 2. The average molecular weight is 299 g/mol. The number of halogens is 1. The number of rotatable bonds is 7. The summed E-state index contributed by atoms with van der Waals surface area (Å²) >= 11 is 6.30. The minimum atomic E-state index is 0.795. The summed E-state index contributed by atoms with van der Waals surface area (Å²) in [6, 6.07) is 0.795. The SMILES string of the molecule is CCn1nc(C)c(Cl)c1CNCCN(C)C1CCCC1. The predicted molar refractivity (Wildman–Crippen MR) is 84.2 cm³/mol. The fraction of sp³-hybridized carbons (Fsp3) is 0.800. The van der Waals surface area contributed by atoms with Crippen LogP contribution >= 0.6 is 11.6 Å². The summed E-state index contributed by atoms with van der Waals surface area (Å²) in [4.78, 5) is 2.49. The van der Waals surface area contributed by atoms with E-state index in [1.54, 1.807) is 0 Å². The van der Waals surface area contributed by atoms with Crippen molar-refractivity contribution >= 4 is 11.6 Å². The molecule has 1 N–H and O–H groups in total. The summed E-state index contributed by atoms with van der Waals surface area (Å²) in [5.41, 5.74) is 2.03. The van der Waals surface area contributed by atoms with E-state index in [-0.39, 0.29) is 0 Å². The van der Waals surface area contributed by atoms with Crippen molar-refractivity contribution < 1.29 is 0 Å². The average Bonchev–Trinajstić information content (AvgIpc) is 3.06. The van der Waals surface area contributed by atoms with Gasteiger partial charge in [0, 0.05) is 32.2 Å². The maximum absolute atomic E-state index is 6.30. The Hall–Kier alpha value is -0.580. The van der Waals surface area contributed by atoms with Crippen LogP contribution in [0.1, 0.15) is 44.0 Å². The molecule has 0 unspecified atom stereocenters. The van der Waals surface area contributed by atoms with E-state index >= 15 is 0 Å². The van der Waals surface area contributed by atoms with Gasteiger partial charge >= 0.3 is 0 Å². The van der Waals surface area contributed by atoms with Gasteiger partial charge in [0.1, 0.15) is 0 Å². The lowest BCUT2D eigenvalue weighted by molar-refractivity contribution is 0.245. The molecule has 0 atom stereocenters. The lowest BCUT2D eigenvalue weighted by Crippen LogP contribution is -2.35. The minimum Gasteiger partial charge on any atom is -0.310 e. The molecule has 4 nitrogen and oxygen atoms in total. The van der Waals surface area contributed by atoms with Crippen molar-refractivity contribution in [2.75, 3.05) is 20.1 Å². The van der Waals surface area contributed by atoms with Crippen molar-refractivity contribution in [1.29, 1.82) is 0 Å². The van der Waals surface area contributed by atoms with Crippen LogP contribution < -0.4 is 5.32 Å². The van der Waals surface area contributed by atoms with Gasteiger partial charge in [-0.3, -0.25) is 4.68 Å². The predicted octanol–water partition coefficient (Wildman–Crippen LogP) is 2.83. The number of hydrogen-bond donors (Lipinski definition) is 1. The molecule has 20 heavy (non-hydrogen) atoms. The third-order valence-electron chi connectivity index (χ3n) is 4.33. The summed E-state index contributed by atoms with van der Waals surface area (Å²) in [5.74, 6) is 0. The molecule has 0 radical (unpaired) electrons. The van der Waals surface area contributed by atoms with Gasteiger partial charge in [-0.2, -0.15) is 5.10 Å². The Morgan fingerprint density at radius 2 is 2.10 bits per heavy atom. The molecule has 0 aliphatic heterocycles. The first-order valence-corrected chi connectivity index (χ1v) is 8.14. The van der Waals surface area contributed by atoms with Crippen molar-refractivity contribution in [3.05, 3.63) is 16.4 Å². The largest absolute Gasteiger partial charge is 0.310 e. The first-order valence-electron chi connectivity index (χ1n) is 7.76. The molecular weight excluding hydrogens is 272 g/mol. The van der Waals surface area contributed by atoms with Gasteiger partial charge in [-0.15, -0.1) is 0 Å². The highest BCUT2D eigenvalue weighted by Gasteiger charge is 2.19. The van der Waals surface area contributed by atoms with Crippen LogP contribution in [0.4, 0.5) is 0 Å². The first kappa shape index (κ1) is 15.8. The molecule has 0 saturated heterocycles. The van der Waals surface area contributed by atoms with E-state index in [2.05, 4.69) is 29.3 Å². The molecule has 1 aromatic rings. The Kier molecular flexibility index (Phi) is 5.87. The van der Waals surface area contributed by atoms with E-state index in [0.717, 1.165) is 48.6 Å². The highest BCUT2D eigenvalue weighted by Crippen LogP contribution is 2.22. The lowest BCUT2D eigenvalue weighted by atomic mass is 10.2. The second-order valence-electron chi connectivity index (χ2n) is 5.76. The van der Waals surface area contributed by atoms with E-state index in [1.165, 1.54) is 25.7 Å². The number of nitrogens with one attached hydrogen (secondary N) is 1. The molecule has 1 fully saturated rings. The number of likely N-dealkylation sites (N-methyl/N-ethyl adjacent to an activating group) is 1. The second-order valence-corrected chi connectivity index (χ2v) is 6.14. The number of nitrogens with zero attached hydrogens (tertiary/aromatic N) is 3. The van der Waals surface area contributed by atoms with E-state index in [1.807, 2.05) is 11.6 Å². The van der Waals surface area contributed by atoms with Crippen LogP contribution in [0.3, 0.4) is 0 Å². The zero-order valence-corrected chi connectivity index (χ0v) is 13.7. The third-order valence-corrected chi connectivity index (χ3v) is 4.83. The molecule has 0 amide bonds. The Morgan fingerprint density at radius 1 is 1.40 bits per heavy atom. The molecule has 0 spiro atoms. The minimum absolute atomic E-state index is 0.795. The van der Waals surface area contributed by atoms with Gasteiger partial charge in [-0.1, -0.05) is 24.4 Å². The van der Waals surface area contributed by atoms with Crippen LogP contribution in [-0.4, -0.2) is 40.9 Å². The maximum Gasteiger partial charge on any atom is 0.0860 e. The van der Waals surface area contributed by atoms with Gasteiger partial charge in [0.05, 0.1) is 16.4 Å². The number of hydrogen-bond acceptors (Lipinski definition) is 3.